The van der Waals surface area contributed by atoms with Crippen molar-refractivity contribution in [3.8, 4) is 0 Å². The minimum absolute atomic E-state index is 0.0438. The van der Waals surface area contributed by atoms with Crippen molar-refractivity contribution in [3.05, 3.63) is 57.1 Å². The Morgan fingerprint density at radius 2 is 1.25 bits per heavy atom. The Labute approximate surface area is 245 Å². The van der Waals surface area contributed by atoms with Gasteiger partial charge < -0.3 is 20.5 Å². The van der Waals surface area contributed by atoms with E-state index < -0.39 is 0 Å². The van der Waals surface area contributed by atoms with E-state index in [1.54, 1.807) is 32.2 Å². The van der Waals surface area contributed by atoms with Crippen LogP contribution in [-0.4, -0.2) is 58.7 Å². The van der Waals surface area contributed by atoms with Crippen LogP contribution in [0.5, 0.6) is 0 Å². The number of aliphatic hydroxyl groups is 1. The van der Waals surface area contributed by atoms with Gasteiger partial charge in [-0.15, -0.1) is 0 Å². The molecule has 9 nitrogen and oxygen atoms in total. The highest BCUT2D eigenvalue weighted by Crippen LogP contribution is 2.26. The van der Waals surface area contributed by atoms with Crippen molar-refractivity contribution in [1.29, 1.82) is 0 Å². The molecule has 2 aliphatic rings. The van der Waals surface area contributed by atoms with Gasteiger partial charge in [0, 0.05) is 31.1 Å². The molecule has 0 saturated heterocycles. The number of carbonyl (C=O) groups is 3. The summed E-state index contributed by atoms with van der Waals surface area (Å²) in [7, 11) is 1.41. The number of nitrogens with one attached hydrogen (secondary N) is 2. The normalized spacial score (nSPS) is 22.4. The zero-order chi connectivity index (χ0) is 29.2. The molecule has 0 radical (unpaired) electrons. The van der Waals surface area contributed by atoms with Crippen LogP contribution in [0.4, 0.5) is 0 Å². The van der Waals surface area contributed by atoms with E-state index in [0.717, 1.165) is 51.4 Å². The largest absolute Gasteiger partial charge is 0.469 e. The Morgan fingerprint density at radius 1 is 0.825 bits per heavy atom. The molecule has 3 N–H and O–H groups in total. The zero-order valence-corrected chi connectivity index (χ0v) is 24.7. The van der Waals surface area contributed by atoms with Gasteiger partial charge in [-0.25, -0.2) is 0 Å². The van der Waals surface area contributed by atoms with Gasteiger partial charge in [0.25, 0.3) is 11.8 Å². The van der Waals surface area contributed by atoms with Gasteiger partial charge in [0.1, 0.15) is 0 Å². The molecule has 2 fully saturated rings. The quantitative estimate of drug-likeness (QED) is 0.409. The lowest BCUT2D eigenvalue weighted by Crippen LogP contribution is -2.39. The molecule has 2 saturated carbocycles. The van der Waals surface area contributed by atoms with Crippen LogP contribution in [0, 0.1) is 25.7 Å². The van der Waals surface area contributed by atoms with Crippen LogP contribution >= 0.6 is 23.2 Å². The van der Waals surface area contributed by atoms with Gasteiger partial charge >= 0.3 is 5.97 Å². The molecule has 2 heterocycles. The first-order valence-electron chi connectivity index (χ1n) is 13.7. The molecule has 4 rings (SSSR count). The van der Waals surface area contributed by atoms with Crippen molar-refractivity contribution >= 4 is 41.0 Å². The Kier molecular flexibility index (Phi) is 12.2. The Balaban J connectivity index is 0.000000222. The van der Waals surface area contributed by atoms with Crippen molar-refractivity contribution in [2.24, 2.45) is 11.8 Å². The number of methoxy groups -OCH3 is 1. The molecule has 0 atom stereocenters. The van der Waals surface area contributed by atoms with Crippen LogP contribution in [-0.2, 0) is 9.53 Å². The number of hydrogen-bond acceptors (Lipinski definition) is 7. The van der Waals surface area contributed by atoms with Crippen LogP contribution in [0.2, 0.25) is 10.0 Å². The molecule has 40 heavy (non-hydrogen) atoms. The number of ether oxygens (including phenoxy) is 1. The van der Waals surface area contributed by atoms with Crippen molar-refractivity contribution in [3.63, 3.8) is 0 Å². The molecular formula is C29H38Cl2N4O5. The van der Waals surface area contributed by atoms with Crippen molar-refractivity contribution in [2.45, 2.75) is 77.3 Å². The lowest BCUT2D eigenvalue weighted by atomic mass is 9.86. The summed E-state index contributed by atoms with van der Waals surface area (Å²) in [5.41, 5.74) is 2.38. The van der Waals surface area contributed by atoms with Crippen molar-refractivity contribution in [2.75, 3.05) is 13.7 Å². The van der Waals surface area contributed by atoms with Crippen LogP contribution in [0.1, 0.15) is 83.5 Å². The lowest BCUT2D eigenvalue weighted by molar-refractivity contribution is -0.146. The minimum Gasteiger partial charge on any atom is -0.469 e. The number of rotatable bonds is 6. The third-order valence-electron chi connectivity index (χ3n) is 7.63. The number of pyridine rings is 2. The van der Waals surface area contributed by atoms with Crippen LogP contribution in [0.25, 0.3) is 0 Å². The predicted octanol–water partition coefficient (Wildman–Crippen LogP) is 4.83. The SMILES string of the molecule is COC(=O)C1CCC(NC(=O)c2cc(Cl)cnc2C)CC1.Cc1ncc(Cl)cc1C(=O)NC1CCC(CO)CC1. The van der Waals surface area contributed by atoms with E-state index in [1.165, 1.54) is 13.3 Å². The molecular weight excluding hydrogens is 555 g/mol. The number of nitrogens with zero attached hydrogens (tertiary/aromatic N) is 2. The summed E-state index contributed by atoms with van der Waals surface area (Å²) < 4.78 is 4.76. The van der Waals surface area contributed by atoms with Crippen molar-refractivity contribution < 1.29 is 24.2 Å². The predicted molar refractivity (Wildman–Crippen MR) is 153 cm³/mol. The molecule has 0 spiro atoms. The molecule has 11 heteroatoms. The third-order valence-corrected chi connectivity index (χ3v) is 8.05. The van der Waals surface area contributed by atoms with Gasteiger partial charge in [0.15, 0.2) is 0 Å². The highest BCUT2D eigenvalue weighted by atomic mass is 35.5. The topological polar surface area (TPSA) is 131 Å². The summed E-state index contributed by atoms with van der Waals surface area (Å²) in [5.74, 6) is -0.0842. The summed E-state index contributed by atoms with van der Waals surface area (Å²) in [6, 6.07) is 3.54. The van der Waals surface area contributed by atoms with Crippen LogP contribution < -0.4 is 10.6 Å². The summed E-state index contributed by atoms with van der Waals surface area (Å²) in [6.45, 7) is 3.82. The number of esters is 1. The molecule has 2 aromatic rings. The average Bonchev–Trinajstić information content (AvgIpc) is 2.96. The van der Waals surface area contributed by atoms with E-state index in [9.17, 15) is 14.4 Å². The zero-order valence-electron chi connectivity index (χ0n) is 23.2. The number of aromatic nitrogens is 2. The van der Waals surface area contributed by atoms with E-state index in [-0.39, 0.29) is 42.4 Å². The molecule has 2 aromatic heterocycles. The van der Waals surface area contributed by atoms with Gasteiger partial charge in [-0.05, 0) is 83.3 Å². The first-order chi connectivity index (χ1) is 19.1. The maximum atomic E-state index is 12.3. The number of carbonyl (C=O) groups excluding carboxylic acids is 3. The highest BCUT2D eigenvalue weighted by Gasteiger charge is 2.28. The lowest BCUT2D eigenvalue weighted by Gasteiger charge is -2.28. The molecule has 0 bridgehead atoms. The molecule has 0 unspecified atom stereocenters. The Hall–Kier alpha value is -2.75. The monoisotopic (exact) mass is 592 g/mol. The number of hydrogen-bond donors (Lipinski definition) is 3. The summed E-state index contributed by atoms with van der Waals surface area (Å²) in [4.78, 5) is 44.1. The first-order valence-corrected chi connectivity index (χ1v) is 14.4. The van der Waals surface area contributed by atoms with Gasteiger partial charge in [-0.1, -0.05) is 23.2 Å². The van der Waals surface area contributed by atoms with Gasteiger partial charge in [-0.2, -0.15) is 0 Å². The second-order valence-electron chi connectivity index (χ2n) is 10.5. The fourth-order valence-electron chi connectivity index (χ4n) is 5.13. The van der Waals surface area contributed by atoms with E-state index in [1.807, 2.05) is 0 Å². The molecule has 2 amide bonds. The summed E-state index contributed by atoms with van der Waals surface area (Å²) in [5, 5.41) is 16.0. The van der Waals surface area contributed by atoms with Gasteiger partial charge in [-0.3, -0.25) is 24.4 Å². The molecule has 218 valence electrons. The molecule has 2 aliphatic carbocycles. The highest BCUT2D eigenvalue weighted by molar-refractivity contribution is 6.31. The molecule has 0 aromatic carbocycles. The maximum Gasteiger partial charge on any atom is 0.308 e. The number of aryl methyl sites for hydroxylation is 2. The Bertz CT molecular complexity index is 1180. The Morgan fingerprint density at radius 3 is 1.65 bits per heavy atom. The second kappa shape index (κ2) is 15.3. The summed E-state index contributed by atoms with van der Waals surface area (Å²) in [6.07, 6.45) is 9.87. The van der Waals surface area contributed by atoms with E-state index in [0.29, 0.717) is 38.5 Å². The first kappa shape index (κ1) is 31.8. The standard InChI is InChI=1S/C15H19ClN2O3.C14H19ClN2O2/c1-9-13(7-11(16)8-17-9)14(19)18-12-5-3-10(4-6-12)15(20)21-2;1-9-13(6-11(15)7-16-9)14(19)17-12-4-2-10(8-18)3-5-12/h7-8,10,12H,3-6H2,1-2H3,(H,18,19);6-7,10,12,18H,2-5,8H2,1H3,(H,17,19). The van der Waals surface area contributed by atoms with Gasteiger partial charge in [0.05, 0.1) is 45.6 Å². The number of aliphatic hydroxyl groups excluding tert-OH is 1. The molecule has 0 aliphatic heterocycles. The van der Waals surface area contributed by atoms with E-state index >= 15 is 0 Å². The fourth-order valence-corrected chi connectivity index (χ4v) is 5.45. The number of amides is 2. The minimum atomic E-state index is -0.163. The van der Waals surface area contributed by atoms with Gasteiger partial charge in [0.2, 0.25) is 0 Å². The fraction of sp³-hybridized carbons (Fsp3) is 0.552. The second-order valence-corrected chi connectivity index (χ2v) is 11.4. The smallest absolute Gasteiger partial charge is 0.308 e. The van der Waals surface area contributed by atoms with Crippen LogP contribution in [0.3, 0.4) is 0 Å². The van der Waals surface area contributed by atoms with Crippen LogP contribution in [0.15, 0.2) is 24.5 Å². The van der Waals surface area contributed by atoms with E-state index in [2.05, 4.69) is 20.6 Å². The average molecular weight is 594 g/mol. The van der Waals surface area contributed by atoms with Crippen molar-refractivity contribution in [1.82, 2.24) is 20.6 Å². The maximum absolute atomic E-state index is 12.3. The summed E-state index contributed by atoms with van der Waals surface area (Å²) >= 11 is 11.8. The number of halogens is 2. The third kappa shape index (κ3) is 9.14. The van der Waals surface area contributed by atoms with E-state index in [4.69, 9.17) is 33.0 Å².